The van der Waals surface area contributed by atoms with E-state index in [2.05, 4.69) is 5.32 Å². The van der Waals surface area contributed by atoms with Crippen molar-refractivity contribution in [3.05, 3.63) is 65.2 Å². The van der Waals surface area contributed by atoms with E-state index in [-0.39, 0.29) is 16.7 Å². The van der Waals surface area contributed by atoms with Crippen LogP contribution >= 0.6 is 0 Å². The number of nitrogens with one attached hydrogen (secondary N) is 1. The predicted octanol–water partition coefficient (Wildman–Crippen LogP) is 1.56. The summed E-state index contributed by atoms with van der Waals surface area (Å²) < 4.78 is 25.5. The maximum absolute atomic E-state index is 13.1. The Morgan fingerprint density at radius 1 is 1.14 bits per heavy atom. The number of amides is 2. The number of sulfonamides is 1. The van der Waals surface area contributed by atoms with Crippen LogP contribution in [0.15, 0.2) is 53.4 Å². The summed E-state index contributed by atoms with van der Waals surface area (Å²) in [5, 5.41) is 2.81. The van der Waals surface area contributed by atoms with Crippen LogP contribution in [0.2, 0.25) is 0 Å². The van der Waals surface area contributed by atoms with E-state index in [4.69, 9.17) is 0 Å². The van der Waals surface area contributed by atoms with Gasteiger partial charge in [0.1, 0.15) is 6.04 Å². The first kappa shape index (κ1) is 20.0. The van der Waals surface area contributed by atoms with Gasteiger partial charge in [0.05, 0.1) is 4.90 Å². The van der Waals surface area contributed by atoms with Gasteiger partial charge in [-0.2, -0.15) is 0 Å². The topological polar surface area (TPSA) is 86.8 Å². The minimum atomic E-state index is -3.57. The molecule has 0 spiro atoms. The second kappa shape index (κ2) is 7.73. The van der Waals surface area contributed by atoms with Gasteiger partial charge >= 0.3 is 0 Å². The third-order valence-electron chi connectivity index (χ3n) is 4.71. The Bertz CT molecular complexity index is 1000. The van der Waals surface area contributed by atoms with Crippen molar-refractivity contribution in [1.82, 2.24) is 14.5 Å². The molecular formula is C20H23N3O4S. The molecule has 1 saturated heterocycles. The van der Waals surface area contributed by atoms with Gasteiger partial charge in [0.25, 0.3) is 5.91 Å². The van der Waals surface area contributed by atoms with Crippen LogP contribution in [0.25, 0.3) is 0 Å². The van der Waals surface area contributed by atoms with Crippen molar-refractivity contribution in [2.24, 2.45) is 0 Å². The summed E-state index contributed by atoms with van der Waals surface area (Å²) in [6.45, 7) is 2.68. The van der Waals surface area contributed by atoms with Gasteiger partial charge < -0.3 is 10.2 Å². The van der Waals surface area contributed by atoms with Crippen LogP contribution in [0.1, 0.15) is 27.5 Å². The molecule has 7 nitrogen and oxygen atoms in total. The normalized spacial score (nSPS) is 17.5. The van der Waals surface area contributed by atoms with E-state index in [1.165, 1.54) is 43.3 Å². The average Bonchev–Trinajstić information content (AvgIpc) is 2.67. The summed E-state index contributed by atoms with van der Waals surface area (Å²) in [5.74, 6) is -0.535. The minimum absolute atomic E-state index is 0.112. The first-order chi connectivity index (χ1) is 13.2. The van der Waals surface area contributed by atoms with Crippen LogP contribution < -0.4 is 5.32 Å². The van der Waals surface area contributed by atoms with Crippen LogP contribution in [0.5, 0.6) is 0 Å². The number of carbonyl (C=O) groups excluding carboxylic acids is 2. The van der Waals surface area contributed by atoms with Crippen LogP contribution in [0.3, 0.4) is 0 Å². The van der Waals surface area contributed by atoms with Gasteiger partial charge in [-0.3, -0.25) is 9.59 Å². The average molecular weight is 401 g/mol. The van der Waals surface area contributed by atoms with E-state index in [0.29, 0.717) is 18.7 Å². The summed E-state index contributed by atoms with van der Waals surface area (Å²) >= 11 is 0. The molecule has 0 saturated carbocycles. The molecule has 28 heavy (non-hydrogen) atoms. The van der Waals surface area contributed by atoms with Gasteiger partial charge in [-0.1, -0.05) is 29.8 Å². The fraction of sp³-hybridized carbons (Fsp3) is 0.300. The first-order valence-electron chi connectivity index (χ1n) is 8.89. The predicted molar refractivity (Wildman–Crippen MR) is 105 cm³/mol. The molecule has 1 unspecified atom stereocenters. The van der Waals surface area contributed by atoms with E-state index in [0.717, 1.165) is 15.4 Å². The van der Waals surface area contributed by atoms with E-state index in [9.17, 15) is 18.0 Å². The Morgan fingerprint density at radius 2 is 1.82 bits per heavy atom. The summed E-state index contributed by atoms with van der Waals surface area (Å²) in [6, 6.07) is 12.6. The number of hydrogen-bond donors (Lipinski definition) is 1. The molecule has 1 N–H and O–H groups in total. The van der Waals surface area contributed by atoms with Crippen molar-refractivity contribution in [1.29, 1.82) is 0 Å². The molecular weight excluding hydrogens is 378 g/mol. The lowest BCUT2D eigenvalue weighted by molar-refractivity contribution is -0.128. The number of carbonyl (C=O) groups is 2. The molecule has 0 aliphatic carbocycles. The van der Waals surface area contributed by atoms with E-state index in [1.54, 1.807) is 0 Å². The van der Waals surface area contributed by atoms with Crippen molar-refractivity contribution in [3.8, 4) is 0 Å². The van der Waals surface area contributed by atoms with Gasteiger partial charge in [0, 0.05) is 32.7 Å². The van der Waals surface area contributed by atoms with Crippen LogP contribution in [0.4, 0.5) is 0 Å². The molecule has 2 aromatic rings. The molecule has 0 aromatic heterocycles. The Hall–Kier alpha value is -2.71. The number of benzene rings is 2. The largest absolute Gasteiger partial charge is 0.352 e. The minimum Gasteiger partial charge on any atom is -0.352 e. The molecule has 1 aliphatic rings. The fourth-order valence-corrected chi connectivity index (χ4v) is 4.10. The molecule has 1 fully saturated rings. The highest BCUT2D eigenvalue weighted by atomic mass is 32.2. The van der Waals surface area contributed by atoms with Crippen LogP contribution in [-0.4, -0.2) is 56.6 Å². The van der Waals surface area contributed by atoms with E-state index < -0.39 is 16.1 Å². The summed E-state index contributed by atoms with van der Waals surface area (Å²) in [5.41, 5.74) is 2.09. The van der Waals surface area contributed by atoms with Crippen molar-refractivity contribution >= 4 is 21.8 Å². The molecule has 0 radical (unpaired) electrons. The summed E-state index contributed by atoms with van der Waals surface area (Å²) in [6.07, 6.45) is 0. The Labute approximate surface area is 165 Å². The summed E-state index contributed by atoms with van der Waals surface area (Å²) in [7, 11) is -0.664. The SMILES string of the molecule is Cc1cccc(C2C(=O)NCCN2C(=O)c2ccc(S(=O)(=O)N(C)C)cc2)c1. The Balaban J connectivity index is 1.92. The number of aryl methyl sites for hydroxylation is 1. The number of rotatable bonds is 4. The van der Waals surface area contributed by atoms with Gasteiger partial charge in [0.15, 0.2) is 0 Å². The molecule has 1 aliphatic heterocycles. The molecule has 2 aromatic carbocycles. The van der Waals surface area contributed by atoms with Gasteiger partial charge in [-0.05, 0) is 36.8 Å². The fourth-order valence-electron chi connectivity index (χ4n) is 3.20. The zero-order chi connectivity index (χ0) is 20.5. The second-order valence-electron chi connectivity index (χ2n) is 6.92. The lowest BCUT2D eigenvalue weighted by Crippen LogP contribution is -2.52. The van der Waals surface area contributed by atoms with E-state index >= 15 is 0 Å². The van der Waals surface area contributed by atoms with Crippen molar-refractivity contribution in [2.45, 2.75) is 17.9 Å². The monoisotopic (exact) mass is 401 g/mol. The van der Waals surface area contributed by atoms with Gasteiger partial charge in [0.2, 0.25) is 15.9 Å². The molecule has 2 amide bonds. The molecule has 8 heteroatoms. The second-order valence-corrected chi connectivity index (χ2v) is 9.07. The molecule has 3 rings (SSSR count). The number of hydrogen-bond acceptors (Lipinski definition) is 4. The molecule has 148 valence electrons. The van der Waals surface area contributed by atoms with Crippen molar-refractivity contribution in [3.63, 3.8) is 0 Å². The van der Waals surface area contributed by atoms with Crippen molar-refractivity contribution < 1.29 is 18.0 Å². The zero-order valence-corrected chi connectivity index (χ0v) is 16.9. The lowest BCUT2D eigenvalue weighted by atomic mass is 9.99. The van der Waals surface area contributed by atoms with Gasteiger partial charge in [-0.15, -0.1) is 0 Å². The quantitative estimate of drug-likeness (QED) is 0.842. The first-order valence-corrected chi connectivity index (χ1v) is 10.3. The Morgan fingerprint density at radius 3 is 2.43 bits per heavy atom. The summed E-state index contributed by atoms with van der Waals surface area (Å²) in [4.78, 5) is 27.3. The van der Waals surface area contributed by atoms with Crippen LogP contribution in [-0.2, 0) is 14.8 Å². The number of nitrogens with zero attached hydrogens (tertiary/aromatic N) is 2. The van der Waals surface area contributed by atoms with Crippen LogP contribution in [0, 0.1) is 6.92 Å². The third kappa shape index (κ3) is 3.79. The third-order valence-corrected chi connectivity index (χ3v) is 6.54. The molecule has 1 atom stereocenters. The maximum atomic E-state index is 13.1. The maximum Gasteiger partial charge on any atom is 0.254 e. The number of piperazine rings is 1. The van der Waals surface area contributed by atoms with E-state index in [1.807, 2.05) is 31.2 Å². The van der Waals surface area contributed by atoms with Gasteiger partial charge in [-0.25, -0.2) is 12.7 Å². The Kier molecular flexibility index (Phi) is 5.53. The highest BCUT2D eigenvalue weighted by Gasteiger charge is 2.35. The molecule has 1 heterocycles. The lowest BCUT2D eigenvalue weighted by Gasteiger charge is -2.35. The molecule has 0 bridgehead atoms. The standard InChI is InChI=1S/C20H23N3O4S/c1-14-5-4-6-16(13-14)18-19(24)21-11-12-23(18)20(25)15-7-9-17(10-8-15)28(26,27)22(2)3/h4-10,13,18H,11-12H2,1-3H3,(H,21,24). The highest BCUT2D eigenvalue weighted by molar-refractivity contribution is 7.89. The smallest absolute Gasteiger partial charge is 0.254 e. The highest BCUT2D eigenvalue weighted by Crippen LogP contribution is 2.26. The van der Waals surface area contributed by atoms with Crippen molar-refractivity contribution in [2.75, 3.05) is 27.2 Å². The zero-order valence-electron chi connectivity index (χ0n) is 16.0.